The molecular weight excluding hydrogens is 326 g/mol. The number of fused-ring (bicyclic) bond motifs is 2. The summed E-state index contributed by atoms with van der Waals surface area (Å²) in [6.07, 6.45) is 5.24. The third-order valence-corrected chi connectivity index (χ3v) is 5.67. The van der Waals surface area contributed by atoms with Gasteiger partial charge in [0.15, 0.2) is 15.8 Å². The molecule has 2 aliphatic heterocycles. The number of aliphatic imine (C=N–C) groups is 1. The first kappa shape index (κ1) is 17.2. The van der Waals surface area contributed by atoms with Crippen LogP contribution in [0.2, 0.25) is 0 Å². The summed E-state index contributed by atoms with van der Waals surface area (Å²) in [6.45, 7) is 3.33. The lowest BCUT2D eigenvalue weighted by Gasteiger charge is -2.22. The van der Waals surface area contributed by atoms with E-state index >= 15 is 0 Å². The van der Waals surface area contributed by atoms with Gasteiger partial charge in [-0.05, 0) is 43.9 Å². The third-order valence-electron chi connectivity index (χ3n) is 4.54. The van der Waals surface area contributed by atoms with E-state index in [0.717, 1.165) is 30.9 Å². The second-order valence-electron chi connectivity index (χ2n) is 6.47. The maximum atomic E-state index is 11.5. The van der Waals surface area contributed by atoms with Crippen molar-refractivity contribution < 1.29 is 13.2 Å². The van der Waals surface area contributed by atoms with Crippen LogP contribution in [0, 0.1) is 0 Å². The Bertz CT molecular complexity index is 700. The molecule has 2 fully saturated rings. The van der Waals surface area contributed by atoms with Gasteiger partial charge in [0, 0.05) is 12.8 Å². The first-order chi connectivity index (χ1) is 11.5. The Balaban J connectivity index is 1.63. The fraction of sp³-hybridized carbons (Fsp3) is 0.588. The molecule has 1 aromatic rings. The Morgan fingerprint density at radius 3 is 2.58 bits per heavy atom. The van der Waals surface area contributed by atoms with Gasteiger partial charge in [-0.3, -0.25) is 0 Å². The zero-order chi connectivity index (χ0) is 17.2. The summed E-state index contributed by atoms with van der Waals surface area (Å²) in [5.74, 6) is 0.783. The maximum absolute atomic E-state index is 11.5. The molecular formula is C17H25N3O3S. The molecule has 3 unspecified atom stereocenters. The SMILES string of the molecule is CCNC(=NCc1ccc(S(C)(=O)=O)cc1)NC1CC2CCC1O2. The van der Waals surface area contributed by atoms with Crippen molar-refractivity contribution in [2.75, 3.05) is 12.8 Å². The van der Waals surface area contributed by atoms with E-state index in [4.69, 9.17) is 4.74 Å². The van der Waals surface area contributed by atoms with Gasteiger partial charge in [-0.2, -0.15) is 0 Å². The summed E-state index contributed by atoms with van der Waals surface area (Å²) in [5, 5.41) is 6.73. The molecule has 2 heterocycles. The van der Waals surface area contributed by atoms with Crippen LogP contribution in [-0.4, -0.2) is 45.4 Å². The molecule has 0 amide bonds. The summed E-state index contributed by atoms with van der Waals surface area (Å²) in [4.78, 5) is 4.94. The molecule has 0 aromatic heterocycles. The second kappa shape index (κ2) is 7.11. The van der Waals surface area contributed by atoms with Gasteiger partial charge < -0.3 is 15.4 Å². The smallest absolute Gasteiger partial charge is 0.191 e. The number of hydrogen-bond donors (Lipinski definition) is 2. The van der Waals surface area contributed by atoms with E-state index in [9.17, 15) is 8.42 Å². The minimum absolute atomic E-state index is 0.299. The third kappa shape index (κ3) is 4.08. The molecule has 3 atom stereocenters. The highest BCUT2D eigenvalue weighted by Gasteiger charge is 2.41. The summed E-state index contributed by atoms with van der Waals surface area (Å²) >= 11 is 0. The van der Waals surface area contributed by atoms with Gasteiger partial charge >= 0.3 is 0 Å². The highest BCUT2D eigenvalue weighted by Crippen LogP contribution is 2.34. The van der Waals surface area contributed by atoms with Crippen LogP contribution in [0.15, 0.2) is 34.2 Å². The average Bonchev–Trinajstić information content (AvgIpc) is 3.15. The number of nitrogens with one attached hydrogen (secondary N) is 2. The lowest BCUT2D eigenvalue weighted by atomic mass is 9.96. The molecule has 3 rings (SSSR count). The van der Waals surface area contributed by atoms with Crippen molar-refractivity contribution in [2.45, 2.75) is 55.9 Å². The van der Waals surface area contributed by atoms with Gasteiger partial charge in [-0.1, -0.05) is 12.1 Å². The van der Waals surface area contributed by atoms with Crippen molar-refractivity contribution in [1.82, 2.24) is 10.6 Å². The van der Waals surface area contributed by atoms with E-state index < -0.39 is 9.84 Å². The number of hydrogen-bond acceptors (Lipinski definition) is 4. The zero-order valence-electron chi connectivity index (χ0n) is 14.2. The van der Waals surface area contributed by atoms with Crippen LogP contribution in [0.1, 0.15) is 31.7 Å². The highest BCUT2D eigenvalue weighted by molar-refractivity contribution is 7.90. The predicted octanol–water partition coefficient (Wildman–Crippen LogP) is 1.47. The Hall–Kier alpha value is -1.60. The lowest BCUT2D eigenvalue weighted by molar-refractivity contribution is 0.0992. The first-order valence-corrected chi connectivity index (χ1v) is 10.3. The van der Waals surface area contributed by atoms with Crippen LogP contribution in [0.25, 0.3) is 0 Å². The fourth-order valence-electron chi connectivity index (χ4n) is 3.30. The molecule has 6 nitrogen and oxygen atoms in total. The topological polar surface area (TPSA) is 79.8 Å². The monoisotopic (exact) mass is 351 g/mol. The Morgan fingerprint density at radius 1 is 1.29 bits per heavy atom. The average molecular weight is 351 g/mol. The summed E-state index contributed by atoms with van der Waals surface area (Å²) in [5.41, 5.74) is 0.976. The number of ether oxygens (including phenoxy) is 1. The van der Waals surface area contributed by atoms with E-state index in [1.165, 1.54) is 12.7 Å². The quantitative estimate of drug-likeness (QED) is 0.620. The Kier molecular flexibility index (Phi) is 5.10. The molecule has 24 heavy (non-hydrogen) atoms. The van der Waals surface area contributed by atoms with Gasteiger partial charge in [0.2, 0.25) is 0 Å². The molecule has 2 bridgehead atoms. The van der Waals surface area contributed by atoms with Crippen LogP contribution >= 0.6 is 0 Å². The summed E-state index contributed by atoms with van der Waals surface area (Å²) in [7, 11) is -3.15. The van der Waals surface area contributed by atoms with Crippen molar-refractivity contribution in [3.63, 3.8) is 0 Å². The van der Waals surface area contributed by atoms with Crippen molar-refractivity contribution in [3.05, 3.63) is 29.8 Å². The van der Waals surface area contributed by atoms with E-state index in [0.29, 0.717) is 29.7 Å². The van der Waals surface area contributed by atoms with E-state index in [2.05, 4.69) is 15.6 Å². The lowest BCUT2D eigenvalue weighted by Crippen LogP contribution is -2.47. The molecule has 132 valence electrons. The van der Waals surface area contributed by atoms with Gasteiger partial charge in [-0.15, -0.1) is 0 Å². The predicted molar refractivity (Wildman–Crippen MR) is 93.8 cm³/mol. The molecule has 0 spiro atoms. The maximum Gasteiger partial charge on any atom is 0.191 e. The molecule has 7 heteroatoms. The minimum atomic E-state index is -3.15. The van der Waals surface area contributed by atoms with Crippen LogP contribution in [0.4, 0.5) is 0 Å². The van der Waals surface area contributed by atoms with Gasteiger partial charge in [0.25, 0.3) is 0 Å². The number of nitrogens with zero attached hydrogens (tertiary/aromatic N) is 1. The van der Waals surface area contributed by atoms with Crippen LogP contribution in [0.3, 0.4) is 0 Å². The number of guanidine groups is 1. The van der Waals surface area contributed by atoms with E-state index in [-0.39, 0.29) is 0 Å². The number of sulfone groups is 1. The largest absolute Gasteiger partial charge is 0.373 e. The number of benzene rings is 1. The second-order valence-corrected chi connectivity index (χ2v) is 8.49. The van der Waals surface area contributed by atoms with Gasteiger partial charge in [0.05, 0.1) is 29.7 Å². The van der Waals surface area contributed by atoms with Gasteiger partial charge in [-0.25, -0.2) is 13.4 Å². The molecule has 0 saturated carbocycles. The van der Waals surface area contributed by atoms with E-state index in [1.54, 1.807) is 12.1 Å². The highest BCUT2D eigenvalue weighted by atomic mass is 32.2. The molecule has 0 radical (unpaired) electrons. The fourth-order valence-corrected chi connectivity index (χ4v) is 3.93. The standard InChI is InChI=1S/C17H25N3O3S/c1-3-18-17(20-15-10-13-6-9-16(15)23-13)19-11-12-4-7-14(8-5-12)24(2,21)22/h4-5,7-8,13,15-16H,3,6,9-11H2,1-2H3,(H2,18,19,20). The summed E-state index contributed by atoms with van der Waals surface area (Å²) in [6, 6.07) is 7.21. The number of rotatable bonds is 5. The molecule has 2 saturated heterocycles. The van der Waals surface area contributed by atoms with E-state index in [1.807, 2.05) is 19.1 Å². The molecule has 2 aliphatic rings. The van der Waals surface area contributed by atoms with Crippen molar-refractivity contribution >= 4 is 15.8 Å². The Morgan fingerprint density at radius 2 is 2.04 bits per heavy atom. The van der Waals surface area contributed by atoms with Crippen LogP contribution in [0.5, 0.6) is 0 Å². The van der Waals surface area contributed by atoms with Crippen LogP contribution in [-0.2, 0) is 21.1 Å². The van der Waals surface area contributed by atoms with Gasteiger partial charge in [0.1, 0.15) is 0 Å². The molecule has 0 aliphatic carbocycles. The van der Waals surface area contributed by atoms with Crippen molar-refractivity contribution in [1.29, 1.82) is 0 Å². The molecule has 2 N–H and O–H groups in total. The van der Waals surface area contributed by atoms with Crippen molar-refractivity contribution in [3.8, 4) is 0 Å². The zero-order valence-corrected chi connectivity index (χ0v) is 15.0. The minimum Gasteiger partial charge on any atom is -0.373 e. The van der Waals surface area contributed by atoms with Crippen molar-refractivity contribution in [2.24, 2.45) is 4.99 Å². The Labute approximate surface area is 143 Å². The first-order valence-electron chi connectivity index (χ1n) is 8.45. The normalized spacial score (nSPS) is 26.6. The van der Waals surface area contributed by atoms with Crippen LogP contribution < -0.4 is 10.6 Å². The summed E-state index contributed by atoms with van der Waals surface area (Å²) < 4.78 is 28.9. The molecule has 1 aromatic carbocycles.